The number of hydrogen-bond acceptors (Lipinski definition) is 6. The van der Waals surface area contributed by atoms with Gasteiger partial charge < -0.3 is 19.3 Å². The maximum atomic E-state index is 13.9. The van der Waals surface area contributed by atoms with Crippen LogP contribution in [0.5, 0.6) is 11.5 Å². The molecule has 0 spiro atoms. The number of ether oxygens (including phenoxy) is 2. The molecular formula is C26H26ClF2N3O5S. The first-order chi connectivity index (χ1) is 18.1. The van der Waals surface area contributed by atoms with Crippen LogP contribution >= 0.6 is 11.6 Å². The van der Waals surface area contributed by atoms with Gasteiger partial charge in [-0.3, -0.25) is 9.10 Å². The molecule has 12 heteroatoms. The van der Waals surface area contributed by atoms with E-state index >= 15 is 0 Å². The van der Waals surface area contributed by atoms with Crippen molar-refractivity contribution in [3.8, 4) is 11.5 Å². The van der Waals surface area contributed by atoms with Gasteiger partial charge in [0, 0.05) is 37.9 Å². The lowest BCUT2D eigenvalue weighted by Gasteiger charge is -2.37. The lowest BCUT2D eigenvalue weighted by Crippen LogP contribution is -2.52. The van der Waals surface area contributed by atoms with E-state index in [1.54, 1.807) is 17.0 Å². The Morgan fingerprint density at radius 2 is 1.58 bits per heavy atom. The number of nitrogens with zero attached hydrogens (tertiary/aromatic N) is 3. The second-order valence-corrected chi connectivity index (χ2v) is 10.7. The highest BCUT2D eigenvalue weighted by Gasteiger charge is 2.31. The molecule has 0 N–H and O–H groups in total. The van der Waals surface area contributed by atoms with E-state index in [0.717, 1.165) is 22.1 Å². The SMILES string of the molecule is COc1ccc(S(=O)(=O)N(CC(=O)N2CCN(c3ccc(F)cc3)CC2)c2ccc(F)c(Cl)c2)cc1OC. The zero-order chi connectivity index (χ0) is 27.4. The van der Waals surface area contributed by atoms with Crippen molar-refractivity contribution in [2.45, 2.75) is 4.90 Å². The topological polar surface area (TPSA) is 79.4 Å². The molecular weight excluding hydrogens is 540 g/mol. The predicted octanol–water partition coefficient (Wildman–Crippen LogP) is 4.18. The third-order valence-corrected chi connectivity index (χ3v) is 8.30. The van der Waals surface area contributed by atoms with Crippen LogP contribution in [0.4, 0.5) is 20.2 Å². The number of piperazine rings is 1. The van der Waals surface area contributed by atoms with E-state index < -0.39 is 28.3 Å². The summed E-state index contributed by atoms with van der Waals surface area (Å²) in [4.78, 5) is 16.7. The molecule has 0 atom stereocenters. The highest BCUT2D eigenvalue weighted by molar-refractivity contribution is 7.92. The van der Waals surface area contributed by atoms with Crippen molar-refractivity contribution >= 4 is 38.9 Å². The minimum absolute atomic E-state index is 0.0319. The third-order valence-electron chi connectivity index (χ3n) is 6.24. The van der Waals surface area contributed by atoms with Crippen LogP contribution in [0.1, 0.15) is 0 Å². The van der Waals surface area contributed by atoms with E-state index in [1.807, 2.05) is 4.90 Å². The molecule has 3 aromatic carbocycles. The molecule has 1 saturated heterocycles. The Balaban J connectivity index is 1.59. The molecule has 0 aliphatic carbocycles. The van der Waals surface area contributed by atoms with Crippen LogP contribution in [0.25, 0.3) is 0 Å². The standard InChI is InChI=1S/C26H26ClF2N3O5S/c1-36-24-10-8-21(16-25(24)37-2)38(34,35)32(20-7-9-23(29)22(27)15-20)17-26(33)31-13-11-30(12-14-31)19-5-3-18(28)4-6-19/h3-10,15-16H,11-14,17H2,1-2H3. The van der Waals surface area contributed by atoms with E-state index in [1.165, 1.54) is 50.6 Å². The molecule has 0 saturated carbocycles. The number of methoxy groups -OCH3 is 2. The molecule has 3 aromatic rings. The summed E-state index contributed by atoms with van der Waals surface area (Å²) < 4.78 is 66.0. The van der Waals surface area contributed by atoms with Crippen molar-refractivity contribution < 1.29 is 31.5 Å². The average molecular weight is 566 g/mol. The quantitative estimate of drug-likeness (QED) is 0.408. The maximum Gasteiger partial charge on any atom is 0.264 e. The van der Waals surface area contributed by atoms with Gasteiger partial charge >= 0.3 is 0 Å². The van der Waals surface area contributed by atoms with Crippen molar-refractivity contribution in [3.63, 3.8) is 0 Å². The van der Waals surface area contributed by atoms with Gasteiger partial charge in [-0.25, -0.2) is 17.2 Å². The molecule has 0 radical (unpaired) electrons. The largest absolute Gasteiger partial charge is 0.493 e. The average Bonchev–Trinajstić information content (AvgIpc) is 2.93. The fraction of sp³-hybridized carbons (Fsp3) is 0.269. The number of anilines is 2. The number of carbonyl (C=O) groups excluding carboxylic acids is 1. The van der Waals surface area contributed by atoms with E-state index in [9.17, 15) is 22.0 Å². The lowest BCUT2D eigenvalue weighted by atomic mass is 10.2. The summed E-state index contributed by atoms with van der Waals surface area (Å²) >= 11 is 5.95. The Hall–Kier alpha value is -3.57. The summed E-state index contributed by atoms with van der Waals surface area (Å²) in [5.41, 5.74) is 0.863. The number of rotatable bonds is 8. The van der Waals surface area contributed by atoms with Crippen LogP contribution in [0, 0.1) is 11.6 Å². The number of carbonyl (C=O) groups is 1. The minimum atomic E-state index is -4.31. The first-order valence-electron chi connectivity index (χ1n) is 11.6. The summed E-state index contributed by atoms with van der Waals surface area (Å²) in [6.45, 7) is 1.12. The molecule has 0 aromatic heterocycles. The highest BCUT2D eigenvalue weighted by atomic mass is 35.5. The number of amides is 1. The van der Waals surface area contributed by atoms with Gasteiger partial charge in [0.15, 0.2) is 11.5 Å². The van der Waals surface area contributed by atoms with E-state index in [0.29, 0.717) is 31.9 Å². The molecule has 38 heavy (non-hydrogen) atoms. The van der Waals surface area contributed by atoms with Crippen molar-refractivity contribution in [3.05, 3.63) is 77.3 Å². The smallest absolute Gasteiger partial charge is 0.264 e. The second kappa shape index (κ2) is 11.4. The predicted molar refractivity (Wildman–Crippen MR) is 141 cm³/mol. The first kappa shape index (κ1) is 27.5. The molecule has 1 fully saturated rings. The van der Waals surface area contributed by atoms with E-state index in [-0.39, 0.29) is 27.2 Å². The molecule has 1 heterocycles. The van der Waals surface area contributed by atoms with Crippen molar-refractivity contribution in [2.24, 2.45) is 0 Å². The van der Waals surface area contributed by atoms with Gasteiger partial charge in [-0.2, -0.15) is 0 Å². The van der Waals surface area contributed by atoms with Gasteiger partial charge in [0.2, 0.25) is 5.91 Å². The molecule has 1 aliphatic heterocycles. The van der Waals surface area contributed by atoms with Gasteiger partial charge in [-0.1, -0.05) is 11.6 Å². The number of sulfonamides is 1. The fourth-order valence-corrected chi connectivity index (χ4v) is 5.75. The molecule has 1 amide bonds. The normalized spacial score (nSPS) is 13.8. The molecule has 0 unspecified atom stereocenters. The van der Waals surface area contributed by atoms with Gasteiger partial charge in [-0.05, 0) is 54.6 Å². The number of benzene rings is 3. The van der Waals surface area contributed by atoms with Crippen molar-refractivity contribution in [1.82, 2.24) is 4.90 Å². The first-order valence-corrected chi connectivity index (χ1v) is 13.4. The zero-order valence-corrected chi connectivity index (χ0v) is 22.3. The fourth-order valence-electron chi connectivity index (χ4n) is 4.15. The van der Waals surface area contributed by atoms with Crippen LogP contribution in [-0.2, 0) is 14.8 Å². The van der Waals surface area contributed by atoms with Crippen molar-refractivity contribution in [2.75, 3.05) is 56.1 Å². The Morgan fingerprint density at radius 3 is 2.18 bits per heavy atom. The minimum Gasteiger partial charge on any atom is -0.493 e. The Kier molecular flexibility index (Phi) is 8.27. The van der Waals surface area contributed by atoms with Crippen LogP contribution in [0.15, 0.2) is 65.6 Å². The van der Waals surface area contributed by atoms with Crippen LogP contribution in [-0.4, -0.2) is 66.2 Å². The third kappa shape index (κ3) is 5.78. The maximum absolute atomic E-state index is 13.9. The lowest BCUT2D eigenvalue weighted by molar-refractivity contribution is -0.129. The Labute approximate surface area is 225 Å². The number of halogens is 3. The van der Waals surface area contributed by atoms with Crippen LogP contribution in [0.2, 0.25) is 5.02 Å². The molecule has 4 rings (SSSR count). The van der Waals surface area contributed by atoms with E-state index in [4.69, 9.17) is 21.1 Å². The van der Waals surface area contributed by atoms with Gasteiger partial charge in [0.25, 0.3) is 10.0 Å². The summed E-state index contributed by atoms with van der Waals surface area (Å²) in [5.74, 6) is -0.971. The monoisotopic (exact) mass is 565 g/mol. The molecule has 8 nitrogen and oxygen atoms in total. The van der Waals surface area contributed by atoms with Crippen LogP contribution < -0.4 is 18.7 Å². The van der Waals surface area contributed by atoms with Gasteiger partial charge in [0.1, 0.15) is 18.2 Å². The summed E-state index contributed by atoms with van der Waals surface area (Å²) in [5, 5.41) is -0.282. The molecule has 202 valence electrons. The summed E-state index contributed by atoms with van der Waals surface area (Å²) in [6, 6.07) is 13.6. The molecule has 1 aliphatic rings. The van der Waals surface area contributed by atoms with Crippen molar-refractivity contribution in [1.29, 1.82) is 0 Å². The Bertz CT molecular complexity index is 1410. The summed E-state index contributed by atoms with van der Waals surface area (Å²) in [6.07, 6.45) is 0. The van der Waals surface area contributed by atoms with E-state index in [2.05, 4.69) is 0 Å². The van der Waals surface area contributed by atoms with Gasteiger partial charge in [0.05, 0.1) is 29.8 Å². The number of hydrogen-bond donors (Lipinski definition) is 0. The van der Waals surface area contributed by atoms with Gasteiger partial charge in [-0.15, -0.1) is 0 Å². The summed E-state index contributed by atoms with van der Waals surface area (Å²) in [7, 11) is -1.51. The highest BCUT2D eigenvalue weighted by Crippen LogP contribution is 2.33. The van der Waals surface area contributed by atoms with Crippen LogP contribution in [0.3, 0.4) is 0 Å². The molecule has 0 bridgehead atoms. The Morgan fingerprint density at radius 1 is 0.921 bits per heavy atom. The zero-order valence-electron chi connectivity index (χ0n) is 20.7. The second-order valence-electron chi connectivity index (χ2n) is 8.47.